The molecule has 0 aliphatic rings. The standard InChI is InChI=1S/C12H15N3O2/c1-16-11-5-3-2-4-9(11)12-10(8-15-17-12)14-7-6-13/h2-5,8,14H,6-7,13H2,1H3. The zero-order valence-corrected chi connectivity index (χ0v) is 9.64. The van der Waals surface area contributed by atoms with Gasteiger partial charge in [-0.25, -0.2) is 0 Å². The maximum Gasteiger partial charge on any atom is 0.193 e. The predicted octanol–water partition coefficient (Wildman–Crippen LogP) is 1.72. The molecule has 2 aromatic rings. The molecule has 0 saturated heterocycles. The number of rotatable bonds is 5. The Labute approximate surface area is 99.6 Å². The number of para-hydroxylation sites is 1. The van der Waals surface area contributed by atoms with Crippen LogP contribution in [0.2, 0.25) is 0 Å². The molecule has 0 amide bonds. The highest BCUT2D eigenvalue weighted by Crippen LogP contribution is 2.34. The van der Waals surface area contributed by atoms with Crippen LogP contribution in [-0.4, -0.2) is 25.4 Å². The zero-order chi connectivity index (χ0) is 12.1. The Morgan fingerprint density at radius 3 is 3.00 bits per heavy atom. The van der Waals surface area contributed by atoms with Gasteiger partial charge >= 0.3 is 0 Å². The highest BCUT2D eigenvalue weighted by atomic mass is 16.5. The number of methoxy groups -OCH3 is 1. The fourth-order valence-electron chi connectivity index (χ4n) is 1.60. The largest absolute Gasteiger partial charge is 0.496 e. The van der Waals surface area contributed by atoms with E-state index in [9.17, 15) is 0 Å². The Morgan fingerprint density at radius 2 is 2.24 bits per heavy atom. The topological polar surface area (TPSA) is 73.3 Å². The van der Waals surface area contributed by atoms with E-state index in [-0.39, 0.29) is 0 Å². The molecule has 3 N–H and O–H groups in total. The van der Waals surface area contributed by atoms with E-state index < -0.39 is 0 Å². The van der Waals surface area contributed by atoms with Crippen LogP contribution < -0.4 is 15.8 Å². The summed E-state index contributed by atoms with van der Waals surface area (Å²) in [6.45, 7) is 1.22. The monoisotopic (exact) mass is 233 g/mol. The van der Waals surface area contributed by atoms with Gasteiger partial charge in [0.15, 0.2) is 5.76 Å². The number of nitrogens with two attached hydrogens (primary N) is 1. The van der Waals surface area contributed by atoms with Gasteiger partial charge in [-0.2, -0.15) is 0 Å². The fraction of sp³-hybridized carbons (Fsp3) is 0.250. The van der Waals surface area contributed by atoms with Gasteiger partial charge in [0, 0.05) is 13.1 Å². The molecule has 5 heteroatoms. The van der Waals surface area contributed by atoms with Crippen LogP contribution in [0.3, 0.4) is 0 Å². The average molecular weight is 233 g/mol. The second-order valence-electron chi connectivity index (χ2n) is 3.48. The van der Waals surface area contributed by atoms with Gasteiger partial charge < -0.3 is 20.3 Å². The van der Waals surface area contributed by atoms with Crippen molar-refractivity contribution in [3.05, 3.63) is 30.5 Å². The Balaban J connectivity index is 2.35. The Kier molecular flexibility index (Phi) is 3.62. The van der Waals surface area contributed by atoms with Crippen LogP contribution in [0.4, 0.5) is 5.69 Å². The number of hydrogen-bond acceptors (Lipinski definition) is 5. The summed E-state index contributed by atoms with van der Waals surface area (Å²) in [4.78, 5) is 0. The second-order valence-corrected chi connectivity index (χ2v) is 3.48. The first-order valence-electron chi connectivity index (χ1n) is 5.39. The van der Waals surface area contributed by atoms with Crippen molar-refractivity contribution in [3.63, 3.8) is 0 Å². The first-order chi connectivity index (χ1) is 8.36. The highest BCUT2D eigenvalue weighted by molar-refractivity contribution is 5.76. The minimum absolute atomic E-state index is 0.552. The first-order valence-corrected chi connectivity index (χ1v) is 5.39. The van der Waals surface area contributed by atoms with Crippen molar-refractivity contribution in [2.75, 3.05) is 25.5 Å². The number of hydrogen-bond donors (Lipinski definition) is 2. The first kappa shape index (κ1) is 11.5. The van der Waals surface area contributed by atoms with Crippen LogP contribution in [0.5, 0.6) is 5.75 Å². The van der Waals surface area contributed by atoms with Crippen molar-refractivity contribution in [1.82, 2.24) is 5.16 Å². The van der Waals surface area contributed by atoms with Crippen molar-refractivity contribution in [2.45, 2.75) is 0 Å². The lowest BCUT2D eigenvalue weighted by Gasteiger charge is -2.07. The molecule has 0 unspecified atom stereocenters. The van der Waals surface area contributed by atoms with E-state index in [1.54, 1.807) is 13.3 Å². The van der Waals surface area contributed by atoms with Crippen LogP contribution in [-0.2, 0) is 0 Å². The molecule has 0 spiro atoms. The van der Waals surface area contributed by atoms with E-state index in [0.717, 1.165) is 17.0 Å². The van der Waals surface area contributed by atoms with Crippen LogP contribution in [0.25, 0.3) is 11.3 Å². The normalized spacial score (nSPS) is 10.2. The van der Waals surface area contributed by atoms with Crippen molar-refractivity contribution in [3.8, 4) is 17.1 Å². The zero-order valence-electron chi connectivity index (χ0n) is 9.64. The lowest BCUT2D eigenvalue weighted by atomic mass is 10.1. The third kappa shape index (κ3) is 2.39. The van der Waals surface area contributed by atoms with Crippen molar-refractivity contribution in [1.29, 1.82) is 0 Å². The fourth-order valence-corrected chi connectivity index (χ4v) is 1.60. The highest BCUT2D eigenvalue weighted by Gasteiger charge is 2.14. The number of benzene rings is 1. The molecule has 90 valence electrons. The quantitative estimate of drug-likeness (QED) is 0.822. The minimum Gasteiger partial charge on any atom is -0.496 e. The molecular formula is C12H15N3O2. The summed E-state index contributed by atoms with van der Waals surface area (Å²) in [5, 5.41) is 6.95. The van der Waals surface area contributed by atoms with E-state index in [1.165, 1.54) is 0 Å². The SMILES string of the molecule is COc1ccccc1-c1oncc1NCCN. The molecule has 17 heavy (non-hydrogen) atoms. The summed E-state index contributed by atoms with van der Waals surface area (Å²) in [6, 6.07) is 7.64. The molecule has 0 bridgehead atoms. The van der Waals surface area contributed by atoms with E-state index in [1.807, 2.05) is 24.3 Å². The molecule has 0 atom stereocenters. The smallest absolute Gasteiger partial charge is 0.193 e. The lowest BCUT2D eigenvalue weighted by molar-refractivity contribution is 0.406. The number of aromatic nitrogens is 1. The van der Waals surface area contributed by atoms with Gasteiger partial charge in [-0.3, -0.25) is 0 Å². The molecule has 1 aromatic carbocycles. The van der Waals surface area contributed by atoms with E-state index >= 15 is 0 Å². The number of nitrogens with zero attached hydrogens (tertiary/aromatic N) is 1. The van der Waals surface area contributed by atoms with Gasteiger partial charge in [0.05, 0.1) is 18.9 Å². The maximum atomic E-state index is 5.45. The summed E-state index contributed by atoms with van der Waals surface area (Å²) in [5.41, 5.74) is 7.14. The number of nitrogens with one attached hydrogen (secondary N) is 1. The third-order valence-corrected chi connectivity index (χ3v) is 2.38. The van der Waals surface area contributed by atoms with E-state index in [0.29, 0.717) is 18.8 Å². The summed E-state index contributed by atoms with van der Waals surface area (Å²) in [6.07, 6.45) is 1.64. The molecule has 0 aliphatic heterocycles. The summed E-state index contributed by atoms with van der Waals surface area (Å²) in [7, 11) is 1.63. The number of ether oxygens (including phenoxy) is 1. The van der Waals surface area contributed by atoms with Crippen molar-refractivity contribution < 1.29 is 9.26 Å². The number of anilines is 1. The van der Waals surface area contributed by atoms with E-state index in [4.69, 9.17) is 15.0 Å². The van der Waals surface area contributed by atoms with Gasteiger partial charge in [-0.1, -0.05) is 17.3 Å². The van der Waals surface area contributed by atoms with Crippen LogP contribution >= 0.6 is 0 Å². The van der Waals surface area contributed by atoms with Crippen molar-refractivity contribution in [2.24, 2.45) is 5.73 Å². The maximum absolute atomic E-state index is 5.45. The Bertz CT molecular complexity index is 482. The van der Waals surface area contributed by atoms with Gasteiger partial charge in [-0.15, -0.1) is 0 Å². The van der Waals surface area contributed by atoms with Crippen LogP contribution in [0.1, 0.15) is 0 Å². The molecular weight excluding hydrogens is 218 g/mol. The molecule has 0 radical (unpaired) electrons. The molecule has 5 nitrogen and oxygen atoms in total. The summed E-state index contributed by atoms with van der Waals surface area (Å²) >= 11 is 0. The van der Waals surface area contributed by atoms with Crippen LogP contribution in [0, 0.1) is 0 Å². The van der Waals surface area contributed by atoms with Crippen molar-refractivity contribution >= 4 is 5.69 Å². The molecule has 0 aliphatic carbocycles. The molecule has 2 rings (SSSR count). The van der Waals surface area contributed by atoms with Gasteiger partial charge in [0.25, 0.3) is 0 Å². The second kappa shape index (κ2) is 5.36. The summed E-state index contributed by atoms with van der Waals surface area (Å²) < 4.78 is 10.5. The Hall–Kier alpha value is -2.01. The molecule has 1 heterocycles. The Morgan fingerprint density at radius 1 is 1.41 bits per heavy atom. The third-order valence-electron chi connectivity index (χ3n) is 2.38. The van der Waals surface area contributed by atoms with Gasteiger partial charge in [-0.05, 0) is 12.1 Å². The van der Waals surface area contributed by atoms with Crippen LogP contribution in [0.15, 0.2) is 35.0 Å². The predicted molar refractivity (Wildman–Crippen MR) is 66.0 cm³/mol. The van der Waals surface area contributed by atoms with E-state index in [2.05, 4.69) is 10.5 Å². The molecule has 0 fully saturated rings. The minimum atomic E-state index is 0.552. The van der Waals surface area contributed by atoms with Gasteiger partial charge in [0.1, 0.15) is 11.4 Å². The van der Waals surface area contributed by atoms with Gasteiger partial charge in [0.2, 0.25) is 0 Å². The average Bonchev–Trinajstić information content (AvgIpc) is 2.84. The summed E-state index contributed by atoms with van der Waals surface area (Å²) in [5.74, 6) is 1.41. The lowest BCUT2D eigenvalue weighted by Crippen LogP contribution is -2.13. The molecule has 0 saturated carbocycles. The molecule has 1 aromatic heterocycles.